The molecule has 35 heavy (non-hydrogen) atoms. The lowest BCUT2D eigenvalue weighted by Gasteiger charge is -2.27. The van der Waals surface area contributed by atoms with Gasteiger partial charge in [0.05, 0.1) is 6.61 Å². The Morgan fingerprint density at radius 3 is 1.83 bits per heavy atom. The lowest BCUT2D eigenvalue weighted by molar-refractivity contribution is 0.198. The minimum atomic E-state index is 0.519. The van der Waals surface area contributed by atoms with Crippen LogP contribution in [0, 0.1) is 5.92 Å². The number of benzene rings is 1. The number of hydrogen-bond acceptors (Lipinski definition) is 3. The summed E-state index contributed by atoms with van der Waals surface area (Å²) in [6, 6.07) is 8.80. The van der Waals surface area contributed by atoms with Crippen LogP contribution in [0.5, 0.6) is 5.75 Å². The molecular weight excluding hydrogens is 428 g/mol. The Balaban J connectivity index is 1.29. The van der Waals surface area contributed by atoms with Gasteiger partial charge in [0.15, 0.2) is 0 Å². The molecule has 0 atom stereocenters. The van der Waals surface area contributed by atoms with Crippen molar-refractivity contribution in [1.82, 2.24) is 9.97 Å². The molecule has 0 amide bonds. The summed E-state index contributed by atoms with van der Waals surface area (Å²) in [5.41, 5.74) is 2.73. The molecule has 0 radical (unpaired) electrons. The highest BCUT2D eigenvalue weighted by Gasteiger charge is 2.24. The van der Waals surface area contributed by atoms with Gasteiger partial charge in [0.1, 0.15) is 11.6 Å². The SMILES string of the molecule is CCCCCCCCCc1cnc([C@H]2CC[C@H](COc3ccc(CCCCCC)cc3)CC2)nc1. The van der Waals surface area contributed by atoms with Crippen LogP contribution in [0.1, 0.15) is 133 Å². The Labute approximate surface area is 215 Å². The molecule has 0 N–H and O–H groups in total. The third-order valence-electron chi connectivity index (χ3n) is 7.73. The summed E-state index contributed by atoms with van der Waals surface area (Å²) in [4.78, 5) is 9.52. The van der Waals surface area contributed by atoms with Gasteiger partial charge in [0.25, 0.3) is 0 Å². The molecule has 0 bridgehead atoms. The number of hydrogen-bond donors (Lipinski definition) is 0. The smallest absolute Gasteiger partial charge is 0.131 e. The Hall–Kier alpha value is -1.90. The van der Waals surface area contributed by atoms with E-state index < -0.39 is 0 Å². The van der Waals surface area contributed by atoms with Crippen LogP contribution in [0.4, 0.5) is 0 Å². The van der Waals surface area contributed by atoms with Crippen LogP contribution in [0.3, 0.4) is 0 Å². The van der Waals surface area contributed by atoms with Crippen molar-refractivity contribution in [3.05, 3.63) is 53.6 Å². The third kappa shape index (κ3) is 10.7. The lowest BCUT2D eigenvalue weighted by Crippen LogP contribution is -2.20. The fraction of sp³-hybridized carbons (Fsp3) is 0.688. The van der Waals surface area contributed by atoms with Crippen molar-refractivity contribution >= 4 is 0 Å². The van der Waals surface area contributed by atoms with E-state index in [1.165, 1.54) is 114 Å². The molecule has 194 valence electrons. The second-order valence-electron chi connectivity index (χ2n) is 10.8. The van der Waals surface area contributed by atoms with Crippen LogP contribution in [-0.4, -0.2) is 16.6 Å². The standard InChI is InChI=1S/C32H50N2O/c1-3-5-7-9-10-11-13-15-29-24-33-32(34-25-29)30-20-16-28(17-21-30)26-35-31-22-18-27(19-23-31)14-12-8-6-4-2/h18-19,22-25,28,30H,3-17,20-21,26H2,1-2H3/t28-,30-. The van der Waals surface area contributed by atoms with Gasteiger partial charge >= 0.3 is 0 Å². The Morgan fingerprint density at radius 1 is 0.657 bits per heavy atom. The van der Waals surface area contributed by atoms with Gasteiger partial charge in [-0.05, 0) is 80.5 Å². The lowest BCUT2D eigenvalue weighted by atomic mass is 9.82. The van der Waals surface area contributed by atoms with Crippen molar-refractivity contribution in [3.63, 3.8) is 0 Å². The van der Waals surface area contributed by atoms with Crippen LogP contribution in [0.25, 0.3) is 0 Å². The van der Waals surface area contributed by atoms with E-state index in [4.69, 9.17) is 14.7 Å². The molecule has 0 spiro atoms. The van der Waals surface area contributed by atoms with Gasteiger partial charge in [0, 0.05) is 18.3 Å². The summed E-state index contributed by atoms with van der Waals surface area (Å²) in [6.07, 6.45) is 26.0. The largest absolute Gasteiger partial charge is 0.493 e. The summed E-state index contributed by atoms with van der Waals surface area (Å²) in [5.74, 6) is 3.24. The van der Waals surface area contributed by atoms with E-state index >= 15 is 0 Å². The third-order valence-corrected chi connectivity index (χ3v) is 7.73. The van der Waals surface area contributed by atoms with E-state index in [-0.39, 0.29) is 0 Å². The molecule has 1 aliphatic carbocycles. The topological polar surface area (TPSA) is 35.0 Å². The molecule has 1 fully saturated rings. The van der Waals surface area contributed by atoms with Gasteiger partial charge in [-0.2, -0.15) is 0 Å². The van der Waals surface area contributed by atoms with E-state index in [1.807, 2.05) is 0 Å². The van der Waals surface area contributed by atoms with Crippen LogP contribution < -0.4 is 4.74 Å². The molecule has 1 aromatic carbocycles. The maximum atomic E-state index is 6.14. The summed E-state index contributed by atoms with van der Waals surface area (Å²) in [6.45, 7) is 5.38. The number of rotatable bonds is 17. The average molecular weight is 479 g/mol. The Kier molecular flexibility index (Phi) is 13.2. The molecule has 1 aromatic heterocycles. The molecule has 1 saturated carbocycles. The minimum Gasteiger partial charge on any atom is -0.493 e. The molecule has 3 rings (SSSR count). The first-order valence-corrected chi connectivity index (χ1v) is 14.8. The fourth-order valence-corrected chi connectivity index (χ4v) is 5.30. The maximum Gasteiger partial charge on any atom is 0.131 e. The molecule has 0 saturated heterocycles. The first-order chi connectivity index (χ1) is 17.3. The van der Waals surface area contributed by atoms with E-state index in [0.29, 0.717) is 11.8 Å². The van der Waals surface area contributed by atoms with E-state index in [0.717, 1.165) is 24.6 Å². The van der Waals surface area contributed by atoms with Crippen molar-refractivity contribution in [2.24, 2.45) is 5.92 Å². The molecule has 3 nitrogen and oxygen atoms in total. The second kappa shape index (κ2) is 16.7. The summed E-state index contributed by atoms with van der Waals surface area (Å²) in [7, 11) is 0. The van der Waals surface area contributed by atoms with Crippen molar-refractivity contribution in [1.29, 1.82) is 0 Å². The molecule has 0 unspecified atom stereocenters. The summed E-state index contributed by atoms with van der Waals surface area (Å²) in [5, 5.41) is 0. The van der Waals surface area contributed by atoms with Crippen LogP contribution in [-0.2, 0) is 12.8 Å². The molecule has 0 aliphatic heterocycles. The van der Waals surface area contributed by atoms with E-state index in [9.17, 15) is 0 Å². The second-order valence-corrected chi connectivity index (χ2v) is 10.8. The number of nitrogens with zero attached hydrogens (tertiary/aromatic N) is 2. The normalized spacial score (nSPS) is 18.0. The zero-order valence-electron chi connectivity index (χ0n) is 22.6. The van der Waals surface area contributed by atoms with Gasteiger partial charge in [-0.15, -0.1) is 0 Å². The molecule has 3 heteroatoms. The van der Waals surface area contributed by atoms with Crippen molar-refractivity contribution in [2.75, 3.05) is 6.61 Å². The molecule has 2 aromatic rings. The van der Waals surface area contributed by atoms with Crippen molar-refractivity contribution in [2.45, 2.75) is 129 Å². The van der Waals surface area contributed by atoms with Gasteiger partial charge < -0.3 is 4.74 Å². The van der Waals surface area contributed by atoms with Crippen molar-refractivity contribution in [3.8, 4) is 5.75 Å². The Morgan fingerprint density at radius 2 is 1.20 bits per heavy atom. The quantitative estimate of drug-likeness (QED) is 0.212. The first kappa shape index (κ1) is 27.7. The molecular formula is C32H50N2O. The predicted octanol–water partition coefficient (Wildman–Crippen LogP) is 9.25. The zero-order valence-corrected chi connectivity index (χ0v) is 22.6. The van der Waals surface area contributed by atoms with Gasteiger partial charge in [-0.3, -0.25) is 0 Å². The molecule has 1 aliphatic rings. The average Bonchev–Trinajstić information content (AvgIpc) is 2.91. The van der Waals surface area contributed by atoms with Crippen LogP contribution in [0.15, 0.2) is 36.7 Å². The van der Waals surface area contributed by atoms with Crippen LogP contribution in [0.2, 0.25) is 0 Å². The number of aryl methyl sites for hydroxylation is 2. The predicted molar refractivity (Wildman–Crippen MR) is 148 cm³/mol. The molecule has 1 heterocycles. The first-order valence-electron chi connectivity index (χ1n) is 14.8. The maximum absolute atomic E-state index is 6.14. The highest BCUT2D eigenvalue weighted by molar-refractivity contribution is 5.27. The zero-order chi connectivity index (χ0) is 24.6. The van der Waals surface area contributed by atoms with Gasteiger partial charge in [0.2, 0.25) is 0 Å². The van der Waals surface area contributed by atoms with Gasteiger partial charge in [-0.1, -0.05) is 83.8 Å². The van der Waals surface area contributed by atoms with E-state index in [2.05, 4.69) is 50.5 Å². The highest BCUT2D eigenvalue weighted by Crippen LogP contribution is 2.34. The highest BCUT2D eigenvalue weighted by atomic mass is 16.5. The summed E-state index contributed by atoms with van der Waals surface area (Å²) >= 11 is 0. The summed E-state index contributed by atoms with van der Waals surface area (Å²) < 4.78 is 6.14. The number of ether oxygens (including phenoxy) is 1. The minimum absolute atomic E-state index is 0.519. The Bertz CT molecular complexity index is 778. The number of unbranched alkanes of at least 4 members (excludes halogenated alkanes) is 9. The fourth-order valence-electron chi connectivity index (χ4n) is 5.30. The monoisotopic (exact) mass is 478 g/mol. The number of aromatic nitrogens is 2. The van der Waals surface area contributed by atoms with Crippen LogP contribution >= 0.6 is 0 Å². The van der Waals surface area contributed by atoms with Crippen molar-refractivity contribution < 1.29 is 4.74 Å². The van der Waals surface area contributed by atoms with Gasteiger partial charge in [-0.25, -0.2) is 9.97 Å². The van der Waals surface area contributed by atoms with E-state index in [1.54, 1.807) is 0 Å².